The van der Waals surface area contributed by atoms with Crippen molar-refractivity contribution in [2.75, 3.05) is 26.9 Å². The molecule has 0 bridgehead atoms. The molecule has 0 amide bonds. The summed E-state index contributed by atoms with van der Waals surface area (Å²) in [5, 5.41) is 0. The predicted octanol–water partition coefficient (Wildman–Crippen LogP) is 1.55. The molecule has 1 aromatic heterocycles. The molecule has 0 aliphatic carbocycles. The SMILES string of the molecule is COCCOCCCn1cnc(C)c1C. The Balaban J connectivity index is 2.12. The molecular formula is C11H20N2O2. The van der Waals surface area contributed by atoms with Gasteiger partial charge < -0.3 is 14.0 Å². The van der Waals surface area contributed by atoms with E-state index >= 15 is 0 Å². The molecule has 86 valence electrons. The number of imidazole rings is 1. The van der Waals surface area contributed by atoms with E-state index in [0.29, 0.717) is 13.2 Å². The second kappa shape index (κ2) is 6.58. The second-order valence-electron chi connectivity index (χ2n) is 3.57. The first kappa shape index (κ1) is 12.2. The lowest BCUT2D eigenvalue weighted by Gasteiger charge is -2.06. The third kappa shape index (κ3) is 4.01. The summed E-state index contributed by atoms with van der Waals surface area (Å²) in [5.74, 6) is 0. The van der Waals surface area contributed by atoms with Gasteiger partial charge in [0.1, 0.15) is 0 Å². The zero-order chi connectivity index (χ0) is 11.1. The van der Waals surface area contributed by atoms with Gasteiger partial charge in [0.25, 0.3) is 0 Å². The van der Waals surface area contributed by atoms with Crippen LogP contribution in [-0.4, -0.2) is 36.5 Å². The molecule has 0 N–H and O–H groups in total. The number of rotatable bonds is 7. The maximum atomic E-state index is 5.38. The highest BCUT2D eigenvalue weighted by atomic mass is 16.5. The average Bonchev–Trinajstić information content (AvgIpc) is 2.54. The van der Waals surface area contributed by atoms with E-state index in [1.54, 1.807) is 7.11 Å². The summed E-state index contributed by atoms with van der Waals surface area (Å²) in [6.45, 7) is 7.22. The smallest absolute Gasteiger partial charge is 0.0951 e. The van der Waals surface area contributed by atoms with Crippen LogP contribution >= 0.6 is 0 Å². The second-order valence-corrected chi connectivity index (χ2v) is 3.57. The predicted molar refractivity (Wildman–Crippen MR) is 59.0 cm³/mol. The Morgan fingerprint density at radius 2 is 2.07 bits per heavy atom. The molecule has 0 atom stereocenters. The monoisotopic (exact) mass is 212 g/mol. The summed E-state index contributed by atoms with van der Waals surface area (Å²) in [4.78, 5) is 4.25. The van der Waals surface area contributed by atoms with Crippen molar-refractivity contribution in [2.45, 2.75) is 26.8 Å². The van der Waals surface area contributed by atoms with E-state index in [-0.39, 0.29) is 0 Å². The number of methoxy groups -OCH3 is 1. The first-order valence-corrected chi connectivity index (χ1v) is 5.30. The van der Waals surface area contributed by atoms with Crippen molar-refractivity contribution in [1.82, 2.24) is 9.55 Å². The number of nitrogens with zero attached hydrogens (tertiary/aromatic N) is 2. The van der Waals surface area contributed by atoms with Gasteiger partial charge in [-0.05, 0) is 20.3 Å². The van der Waals surface area contributed by atoms with E-state index in [9.17, 15) is 0 Å². The van der Waals surface area contributed by atoms with Crippen molar-refractivity contribution in [3.05, 3.63) is 17.7 Å². The summed E-state index contributed by atoms with van der Waals surface area (Å²) in [7, 11) is 1.68. The molecule has 0 aromatic carbocycles. The zero-order valence-corrected chi connectivity index (χ0v) is 9.82. The van der Waals surface area contributed by atoms with Crippen molar-refractivity contribution in [3.8, 4) is 0 Å². The van der Waals surface area contributed by atoms with E-state index in [4.69, 9.17) is 9.47 Å². The molecule has 0 aliphatic rings. The highest BCUT2D eigenvalue weighted by Gasteiger charge is 2.00. The van der Waals surface area contributed by atoms with Crippen LogP contribution < -0.4 is 0 Å². The van der Waals surface area contributed by atoms with Crippen LogP contribution in [0.5, 0.6) is 0 Å². The van der Waals surface area contributed by atoms with Crippen molar-refractivity contribution in [1.29, 1.82) is 0 Å². The number of aromatic nitrogens is 2. The molecule has 4 nitrogen and oxygen atoms in total. The molecule has 0 fully saturated rings. The number of hydrogen-bond acceptors (Lipinski definition) is 3. The van der Waals surface area contributed by atoms with Crippen LogP contribution in [0.25, 0.3) is 0 Å². The molecule has 0 saturated heterocycles. The van der Waals surface area contributed by atoms with Crippen LogP contribution in [0.1, 0.15) is 17.8 Å². The van der Waals surface area contributed by atoms with Crippen molar-refractivity contribution < 1.29 is 9.47 Å². The van der Waals surface area contributed by atoms with E-state index < -0.39 is 0 Å². The summed E-state index contributed by atoms with van der Waals surface area (Å²) >= 11 is 0. The van der Waals surface area contributed by atoms with Crippen LogP contribution in [-0.2, 0) is 16.0 Å². The molecule has 0 unspecified atom stereocenters. The largest absolute Gasteiger partial charge is 0.382 e. The maximum Gasteiger partial charge on any atom is 0.0951 e. The molecule has 1 heterocycles. The lowest BCUT2D eigenvalue weighted by Crippen LogP contribution is -2.06. The van der Waals surface area contributed by atoms with Crippen LogP contribution in [0.4, 0.5) is 0 Å². The van der Waals surface area contributed by atoms with Crippen LogP contribution in [0, 0.1) is 13.8 Å². The third-order valence-corrected chi connectivity index (χ3v) is 2.46. The maximum absolute atomic E-state index is 5.38. The quantitative estimate of drug-likeness (QED) is 0.643. The van der Waals surface area contributed by atoms with E-state index in [0.717, 1.165) is 25.3 Å². The van der Waals surface area contributed by atoms with Crippen LogP contribution in [0.15, 0.2) is 6.33 Å². The summed E-state index contributed by atoms with van der Waals surface area (Å²) in [5.41, 5.74) is 2.35. The van der Waals surface area contributed by atoms with Crippen LogP contribution in [0.2, 0.25) is 0 Å². The van der Waals surface area contributed by atoms with Crippen molar-refractivity contribution in [3.63, 3.8) is 0 Å². The molecular weight excluding hydrogens is 192 g/mol. The van der Waals surface area contributed by atoms with Crippen molar-refractivity contribution >= 4 is 0 Å². The third-order valence-electron chi connectivity index (χ3n) is 2.46. The molecule has 4 heteroatoms. The average molecular weight is 212 g/mol. The first-order valence-electron chi connectivity index (χ1n) is 5.30. The molecule has 1 aromatic rings. The molecule has 0 aliphatic heterocycles. The molecule has 0 radical (unpaired) electrons. The van der Waals surface area contributed by atoms with Gasteiger partial charge in [-0.2, -0.15) is 0 Å². The fourth-order valence-corrected chi connectivity index (χ4v) is 1.35. The molecule has 15 heavy (non-hydrogen) atoms. The molecule has 0 saturated carbocycles. The minimum Gasteiger partial charge on any atom is -0.382 e. The highest BCUT2D eigenvalue weighted by Crippen LogP contribution is 2.04. The Labute approximate surface area is 91.2 Å². The van der Waals surface area contributed by atoms with Gasteiger partial charge in [0.15, 0.2) is 0 Å². The summed E-state index contributed by atoms with van der Waals surface area (Å²) in [6, 6.07) is 0. The van der Waals surface area contributed by atoms with Crippen LogP contribution in [0.3, 0.4) is 0 Å². The summed E-state index contributed by atoms with van der Waals surface area (Å²) < 4.78 is 12.4. The van der Waals surface area contributed by atoms with E-state index in [2.05, 4.69) is 16.5 Å². The van der Waals surface area contributed by atoms with E-state index in [1.807, 2.05) is 13.3 Å². The number of hydrogen-bond donors (Lipinski definition) is 0. The Bertz CT molecular complexity index is 284. The number of ether oxygens (including phenoxy) is 2. The molecule has 0 spiro atoms. The van der Waals surface area contributed by atoms with E-state index in [1.165, 1.54) is 5.69 Å². The number of aryl methyl sites for hydroxylation is 2. The standard InChI is InChI=1S/C11H20N2O2/c1-10-11(2)13(9-12-10)5-4-6-15-8-7-14-3/h9H,4-8H2,1-3H3. The minimum absolute atomic E-state index is 0.670. The Morgan fingerprint density at radius 1 is 1.27 bits per heavy atom. The van der Waals surface area contributed by atoms with Gasteiger partial charge in [-0.15, -0.1) is 0 Å². The first-order chi connectivity index (χ1) is 7.25. The highest BCUT2D eigenvalue weighted by molar-refractivity contribution is 5.08. The van der Waals surface area contributed by atoms with Gasteiger partial charge in [0, 0.05) is 26.0 Å². The van der Waals surface area contributed by atoms with Gasteiger partial charge in [-0.1, -0.05) is 0 Å². The fourth-order valence-electron chi connectivity index (χ4n) is 1.35. The van der Waals surface area contributed by atoms with Gasteiger partial charge in [-0.25, -0.2) is 4.98 Å². The Hall–Kier alpha value is -0.870. The van der Waals surface area contributed by atoms with Gasteiger partial charge in [-0.3, -0.25) is 0 Å². The minimum atomic E-state index is 0.670. The van der Waals surface area contributed by atoms with Gasteiger partial charge in [0.2, 0.25) is 0 Å². The lowest BCUT2D eigenvalue weighted by atomic mass is 10.3. The van der Waals surface area contributed by atoms with Gasteiger partial charge >= 0.3 is 0 Å². The fraction of sp³-hybridized carbons (Fsp3) is 0.727. The topological polar surface area (TPSA) is 36.3 Å². The zero-order valence-electron chi connectivity index (χ0n) is 9.82. The summed E-state index contributed by atoms with van der Waals surface area (Å²) in [6.07, 6.45) is 2.90. The Kier molecular flexibility index (Phi) is 5.36. The van der Waals surface area contributed by atoms with Crippen molar-refractivity contribution in [2.24, 2.45) is 0 Å². The Morgan fingerprint density at radius 3 is 2.67 bits per heavy atom. The lowest BCUT2D eigenvalue weighted by molar-refractivity contribution is 0.0680. The normalized spacial score (nSPS) is 10.9. The molecule has 1 rings (SSSR count). The van der Waals surface area contributed by atoms with Gasteiger partial charge in [0.05, 0.1) is 25.2 Å².